The number of nitrogens with one attached hydrogen (secondary N) is 2. The van der Waals surface area contributed by atoms with Gasteiger partial charge in [-0.25, -0.2) is 14.4 Å². The predicted octanol–water partition coefficient (Wildman–Crippen LogP) is 3.92. The van der Waals surface area contributed by atoms with Crippen LogP contribution >= 0.6 is 0 Å². The van der Waals surface area contributed by atoms with Crippen molar-refractivity contribution in [1.82, 2.24) is 9.97 Å². The lowest BCUT2D eigenvalue weighted by atomic mass is 9.96. The van der Waals surface area contributed by atoms with Crippen LogP contribution in [0.4, 0.5) is 16.0 Å². The van der Waals surface area contributed by atoms with Gasteiger partial charge in [-0.2, -0.15) is 0 Å². The summed E-state index contributed by atoms with van der Waals surface area (Å²) in [7, 11) is 0. The molecule has 6 heteroatoms. The maximum absolute atomic E-state index is 13.2. The zero-order valence-corrected chi connectivity index (χ0v) is 13.7. The van der Waals surface area contributed by atoms with Crippen LogP contribution in [0.15, 0.2) is 30.3 Å². The van der Waals surface area contributed by atoms with Crippen molar-refractivity contribution in [2.75, 3.05) is 10.6 Å². The van der Waals surface area contributed by atoms with E-state index in [1.165, 1.54) is 31.4 Å². The Morgan fingerprint density at radius 3 is 2.71 bits per heavy atom. The summed E-state index contributed by atoms with van der Waals surface area (Å²) in [5.74, 6) is -0.296. The molecule has 0 spiro atoms. The van der Waals surface area contributed by atoms with E-state index < -0.39 is 5.82 Å². The van der Waals surface area contributed by atoms with Gasteiger partial charge < -0.3 is 10.6 Å². The van der Waals surface area contributed by atoms with Crippen LogP contribution in [0.1, 0.15) is 48.3 Å². The van der Waals surface area contributed by atoms with Crippen molar-refractivity contribution in [2.24, 2.45) is 0 Å². The number of nitrogens with zero attached hydrogens (tertiary/aromatic N) is 2. The second kappa shape index (κ2) is 7.38. The zero-order valence-electron chi connectivity index (χ0n) is 13.7. The third-order valence-corrected chi connectivity index (χ3v) is 4.11. The van der Waals surface area contributed by atoms with Crippen LogP contribution in [0.2, 0.25) is 0 Å². The molecule has 3 rings (SSSR count). The quantitative estimate of drug-likeness (QED) is 0.892. The largest absolute Gasteiger partial charge is 0.351 e. The fourth-order valence-electron chi connectivity index (χ4n) is 2.94. The lowest BCUT2D eigenvalue weighted by molar-refractivity contribution is 0.102. The van der Waals surface area contributed by atoms with Gasteiger partial charge in [0.25, 0.3) is 5.91 Å². The van der Waals surface area contributed by atoms with E-state index in [1.807, 2.05) is 6.92 Å². The predicted molar refractivity (Wildman–Crippen MR) is 91.6 cm³/mol. The van der Waals surface area contributed by atoms with E-state index in [0.29, 0.717) is 23.4 Å². The molecule has 0 aliphatic heterocycles. The summed E-state index contributed by atoms with van der Waals surface area (Å²) in [6.07, 6.45) is 5.88. The molecular formula is C18H21FN4O. The van der Waals surface area contributed by atoms with Gasteiger partial charge in [-0.05, 0) is 44.0 Å². The number of aromatic nitrogens is 2. The van der Waals surface area contributed by atoms with Gasteiger partial charge in [0.2, 0.25) is 5.95 Å². The molecule has 126 valence electrons. The molecule has 1 aliphatic carbocycles. The summed E-state index contributed by atoms with van der Waals surface area (Å²) in [6.45, 7) is 1.83. The van der Waals surface area contributed by atoms with Gasteiger partial charge >= 0.3 is 0 Å². The van der Waals surface area contributed by atoms with E-state index in [4.69, 9.17) is 0 Å². The first-order chi connectivity index (χ1) is 11.6. The van der Waals surface area contributed by atoms with Crippen LogP contribution in [-0.2, 0) is 0 Å². The van der Waals surface area contributed by atoms with Gasteiger partial charge in [-0.3, -0.25) is 4.79 Å². The van der Waals surface area contributed by atoms with Gasteiger partial charge in [0.1, 0.15) is 11.5 Å². The Hall–Kier alpha value is -2.50. The van der Waals surface area contributed by atoms with Crippen molar-refractivity contribution in [3.8, 4) is 0 Å². The number of hydrogen-bond donors (Lipinski definition) is 2. The summed E-state index contributed by atoms with van der Waals surface area (Å²) in [5, 5.41) is 5.99. The Bertz CT molecular complexity index is 729. The van der Waals surface area contributed by atoms with Crippen LogP contribution < -0.4 is 10.6 Å². The molecule has 1 amide bonds. The van der Waals surface area contributed by atoms with Gasteiger partial charge in [0.15, 0.2) is 0 Å². The summed E-state index contributed by atoms with van der Waals surface area (Å²) in [5.41, 5.74) is 1.39. The topological polar surface area (TPSA) is 66.9 Å². The highest BCUT2D eigenvalue weighted by molar-refractivity contribution is 6.03. The number of carbonyl (C=O) groups is 1. The third-order valence-electron chi connectivity index (χ3n) is 4.11. The molecule has 0 saturated heterocycles. The maximum Gasteiger partial charge on any atom is 0.274 e. The minimum atomic E-state index is -0.397. The molecule has 0 bridgehead atoms. The van der Waals surface area contributed by atoms with Crippen LogP contribution in [0.5, 0.6) is 0 Å². The number of aryl methyl sites for hydroxylation is 1. The molecule has 2 aromatic rings. The van der Waals surface area contributed by atoms with Crippen LogP contribution in [0.25, 0.3) is 0 Å². The van der Waals surface area contributed by atoms with E-state index in [0.717, 1.165) is 12.8 Å². The van der Waals surface area contributed by atoms with Gasteiger partial charge in [-0.15, -0.1) is 0 Å². The molecule has 0 unspecified atom stereocenters. The number of rotatable bonds is 4. The smallest absolute Gasteiger partial charge is 0.274 e. The number of anilines is 2. The van der Waals surface area contributed by atoms with E-state index in [1.54, 1.807) is 18.2 Å². The van der Waals surface area contributed by atoms with Crippen molar-refractivity contribution >= 4 is 17.5 Å². The number of carbonyl (C=O) groups excluding carboxylic acids is 1. The molecule has 5 nitrogen and oxygen atoms in total. The van der Waals surface area contributed by atoms with Crippen molar-refractivity contribution in [3.63, 3.8) is 0 Å². The second-order valence-electron chi connectivity index (χ2n) is 6.16. The summed E-state index contributed by atoms with van der Waals surface area (Å²) < 4.78 is 13.2. The van der Waals surface area contributed by atoms with Crippen molar-refractivity contribution in [3.05, 3.63) is 47.5 Å². The van der Waals surface area contributed by atoms with Gasteiger partial charge in [-0.1, -0.05) is 25.3 Å². The molecule has 24 heavy (non-hydrogen) atoms. The average molecular weight is 328 g/mol. The highest BCUT2D eigenvalue weighted by Crippen LogP contribution is 2.20. The SMILES string of the molecule is Cc1cc(C(=O)Nc2cccc(F)c2)nc(NC2CCCCC2)n1. The summed E-state index contributed by atoms with van der Waals surface area (Å²) in [6, 6.07) is 7.77. The first-order valence-electron chi connectivity index (χ1n) is 8.29. The highest BCUT2D eigenvalue weighted by atomic mass is 19.1. The Labute approximate surface area is 140 Å². The minimum absolute atomic E-state index is 0.269. The van der Waals surface area contributed by atoms with E-state index in [9.17, 15) is 9.18 Å². The molecule has 1 aromatic heterocycles. The molecule has 2 N–H and O–H groups in total. The van der Waals surface area contributed by atoms with Crippen LogP contribution in [0, 0.1) is 12.7 Å². The normalized spacial score (nSPS) is 15.1. The monoisotopic (exact) mass is 328 g/mol. The fourth-order valence-corrected chi connectivity index (χ4v) is 2.94. The van der Waals surface area contributed by atoms with Crippen molar-refractivity contribution in [2.45, 2.75) is 45.1 Å². The molecule has 1 aromatic carbocycles. The lowest BCUT2D eigenvalue weighted by Crippen LogP contribution is -2.24. The highest BCUT2D eigenvalue weighted by Gasteiger charge is 2.16. The Balaban J connectivity index is 1.73. The third kappa shape index (κ3) is 4.28. The molecule has 0 radical (unpaired) electrons. The first-order valence-corrected chi connectivity index (χ1v) is 8.29. The first kappa shape index (κ1) is 16.4. The summed E-state index contributed by atoms with van der Waals surface area (Å²) in [4.78, 5) is 21.1. The zero-order chi connectivity index (χ0) is 16.9. The minimum Gasteiger partial charge on any atom is -0.351 e. The van der Waals surface area contributed by atoms with Crippen LogP contribution in [-0.4, -0.2) is 21.9 Å². The van der Waals surface area contributed by atoms with Gasteiger partial charge in [0.05, 0.1) is 0 Å². The standard InChI is InChI=1S/C18H21FN4O/c1-12-10-16(17(24)21-15-9-5-6-13(19)11-15)23-18(20-12)22-14-7-3-2-4-8-14/h5-6,9-11,14H,2-4,7-8H2,1H3,(H,21,24)(H,20,22,23). The Morgan fingerprint density at radius 2 is 1.96 bits per heavy atom. The van der Waals surface area contributed by atoms with Crippen molar-refractivity contribution < 1.29 is 9.18 Å². The molecular weight excluding hydrogens is 307 g/mol. The molecule has 1 saturated carbocycles. The van der Waals surface area contributed by atoms with Crippen molar-refractivity contribution in [1.29, 1.82) is 0 Å². The maximum atomic E-state index is 13.2. The fraction of sp³-hybridized carbons (Fsp3) is 0.389. The number of benzene rings is 1. The Kier molecular flexibility index (Phi) is 5.03. The molecule has 1 aliphatic rings. The number of halogens is 1. The summed E-state index contributed by atoms with van der Waals surface area (Å²) >= 11 is 0. The number of amides is 1. The molecule has 1 fully saturated rings. The Morgan fingerprint density at radius 1 is 1.17 bits per heavy atom. The average Bonchev–Trinajstić information content (AvgIpc) is 2.55. The van der Waals surface area contributed by atoms with Crippen LogP contribution in [0.3, 0.4) is 0 Å². The molecule has 1 heterocycles. The lowest BCUT2D eigenvalue weighted by Gasteiger charge is -2.23. The van der Waals surface area contributed by atoms with Gasteiger partial charge in [0, 0.05) is 17.4 Å². The van der Waals surface area contributed by atoms with E-state index in [-0.39, 0.29) is 11.6 Å². The molecule has 0 atom stereocenters. The van der Waals surface area contributed by atoms with E-state index in [2.05, 4.69) is 20.6 Å². The second-order valence-corrected chi connectivity index (χ2v) is 6.16. The number of hydrogen-bond acceptors (Lipinski definition) is 4. The van der Waals surface area contributed by atoms with E-state index >= 15 is 0 Å².